The fourth-order valence-corrected chi connectivity index (χ4v) is 5.11. The normalized spacial score (nSPS) is 14.8. The van der Waals surface area contributed by atoms with E-state index in [0.717, 1.165) is 25.3 Å². The molecule has 0 bridgehead atoms. The summed E-state index contributed by atoms with van der Waals surface area (Å²) in [5, 5.41) is 3.35. The number of nitrogens with zero attached hydrogens (tertiary/aromatic N) is 4. The Hall–Kier alpha value is -3.88. The quantitative estimate of drug-likeness (QED) is 0.367. The summed E-state index contributed by atoms with van der Waals surface area (Å²) in [6.45, 7) is 1.36. The van der Waals surface area contributed by atoms with Crippen molar-refractivity contribution in [3.8, 4) is 11.1 Å². The maximum absolute atomic E-state index is 14.3. The summed E-state index contributed by atoms with van der Waals surface area (Å²) in [6.07, 6.45) is -0.289. The van der Waals surface area contributed by atoms with E-state index >= 15 is 0 Å². The Labute approximate surface area is 207 Å². The molecule has 0 saturated carbocycles. The number of alkyl halides is 3. The van der Waals surface area contributed by atoms with Gasteiger partial charge in [-0.1, -0.05) is 36.4 Å². The molecule has 5 rings (SSSR count). The number of halogens is 3. The lowest BCUT2D eigenvalue weighted by Gasteiger charge is -2.35. The second-order valence-corrected chi connectivity index (χ2v) is 9.06. The smallest absolute Gasteiger partial charge is 0.372 e. The molecule has 0 spiro atoms. The van der Waals surface area contributed by atoms with Crippen LogP contribution in [-0.2, 0) is 12.6 Å². The lowest BCUT2D eigenvalue weighted by molar-refractivity contribution is -0.137. The number of nitrogen functional groups attached to an aromatic ring is 1. The molecule has 1 saturated heterocycles. The minimum atomic E-state index is -4.54. The van der Waals surface area contributed by atoms with E-state index < -0.39 is 11.7 Å². The summed E-state index contributed by atoms with van der Waals surface area (Å²) < 4.78 is 43.0. The molecule has 2 aromatic heterocycles. The first-order valence-corrected chi connectivity index (χ1v) is 11.9. The SMILES string of the molecule is CNc1nc(N)nc2nccc(-c3c(N4CCC(Cc5ccccc5)CC4)cccc3C(F)(F)F)c12. The summed E-state index contributed by atoms with van der Waals surface area (Å²) in [4.78, 5) is 14.7. The Balaban J connectivity index is 1.57. The fraction of sp³-hybridized carbons (Fsp3) is 0.296. The zero-order valence-electron chi connectivity index (χ0n) is 19.9. The molecule has 9 heteroatoms. The molecule has 3 heterocycles. The predicted molar refractivity (Wildman–Crippen MR) is 137 cm³/mol. The van der Waals surface area contributed by atoms with Gasteiger partial charge in [0, 0.05) is 43.1 Å². The van der Waals surface area contributed by atoms with Gasteiger partial charge in [-0.15, -0.1) is 0 Å². The van der Waals surface area contributed by atoms with Crippen LogP contribution in [-0.4, -0.2) is 35.1 Å². The first kappa shape index (κ1) is 23.8. The molecule has 1 aliphatic rings. The Kier molecular flexibility index (Phi) is 6.38. The third-order valence-electron chi connectivity index (χ3n) is 6.79. The van der Waals surface area contributed by atoms with E-state index in [4.69, 9.17) is 5.73 Å². The number of pyridine rings is 1. The van der Waals surface area contributed by atoms with E-state index in [1.165, 1.54) is 17.8 Å². The van der Waals surface area contributed by atoms with Crippen molar-refractivity contribution in [2.75, 3.05) is 36.1 Å². The van der Waals surface area contributed by atoms with Crippen LogP contribution >= 0.6 is 0 Å². The second kappa shape index (κ2) is 9.64. The van der Waals surface area contributed by atoms with Crippen molar-refractivity contribution in [2.45, 2.75) is 25.4 Å². The Morgan fingerprint density at radius 3 is 2.44 bits per heavy atom. The largest absolute Gasteiger partial charge is 0.417 e. The molecular formula is C27H27F3N6. The number of aromatic nitrogens is 3. The molecule has 3 N–H and O–H groups in total. The van der Waals surface area contributed by atoms with Gasteiger partial charge in [0.25, 0.3) is 0 Å². The van der Waals surface area contributed by atoms with Crippen molar-refractivity contribution in [2.24, 2.45) is 5.92 Å². The second-order valence-electron chi connectivity index (χ2n) is 9.06. The lowest BCUT2D eigenvalue weighted by Crippen LogP contribution is -2.35. The molecule has 0 radical (unpaired) electrons. The number of hydrogen-bond acceptors (Lipinski definition) is 6. The third kappa shape index (κ3) is 4.65. The molecule has 1 aliphatic heterocycles. The van der Waals surface area contributed by atoms with Crippen molar-refractivity contribution in [3.63, 3.8) is 0 Å². The van der Waals surface area contributed by atoms with Gasteiger partial charge in [-0.25, -0.2) is 4.98 Å². The summed E-state index contributed by atoms with van der Waals surface area (Å²) in [5.74, 6) is 0.832. The number of rotatable bonds is 5. The Bertz CT molecular complexity index is 1370. The highest BCUT2D eigenvalue weighted by atomic mass is 19.4. The number of nitrogens with two attached hydrogens (primary N) is 1. The number of benzene rings is 2. The fourth-order valence-electron chi connectivity index (χ4n) is 5.11. The maximum Gasteiger partial charge on any atom is 0.417 e. The lowest BCUT2D eigenvalue weighted by atomic mass is 9.88. The molecular weight excluding hydrogens is 465 g/mol. The van der Waals surface area contributed by atoms with E-state index in [0.29, 0.717) is 41.5 Å². The summed E-state index contributed by atoms with van der Waals surface area (Å²) >= 11 is 0. The van der Waals surface area contributed by atoms with E-state index in [1.54, 1.807) is 19.2 Å². The van der Waals surface area contributed by atoms with Crippen molar-refractivity contribution < 1.29 is 13.2 Å². The van der Waals surface area contributed by atoms with E-state index in [2.05, 4.69) is 37.3 Å². The van der Waals surface area contributed by atoms with Gasteiger partial charge < -0.3 is 16.0 Å². The third-order valence-corrected chi connectivity index (χ3v) is 6.79. The maximum atomic E-state index is 14.3. The predicted octanol–water partition coefficient (Wildman–Crippen LogP) is 5.79. The van der Waals surface area contributed by atoms with Crippen molar-refractivity contribution in [3.05, 3.63) is 71.9 Å². The average Bonchev–Trinajstić information content (AvgIpc) is 2.88. The summed E-state index contributed by atoms with van der Waals surface area (Å²) in [5.41, 5.74) is 7.69. The highest BCUT2D eigenvalue weighted by Gasteiger charge is 2.36. The highest BCUT2D eigenvalue weighted by molar-refractivity contribution is 6.03. The number of piperidine rings is 1. The molecule has 1 fully saturated rings. The first-order chi connectivity index (χ1) is 17.3. The van der Waals surface area contributed by atoms with Gasteiger partial charge in [-0.3, -0.25) is 0 Å². The molecule has 0 amide bonds. The van der Waals surface area contributed by atoms with E-state index in [-0.39, 0.29) is 17.2 Å². The van der Waals surface area contributed by atoms with Crippen molar-refractivity contribution in [1.29, 1.82) is 0 Å². The van der Waals surface area contributed by atoms with E-state index in [9.17, 15) is 13.2 Å². The monoisotopic (exact) mass is 492 g/mol. The summed E-state index contributed by atoms with van der Waals surface area (Å²) in [6, 6.07) is 16.3. The number of fused-ring (bicyclic) bond motifs is 1. The van der Waals surface area contributed by atoms with Crippen molar-refractivity contribution in [1.82, 2.24) is 15.0 Å². The summed E-state index contributed by atoms with van der Waals surface area (Å²) in [7, 11) is 1.64. The van der Waals surface area contributed by atoms with Crippen LogP contribution in [0, 0.1) is 5.92 Å². The molecule has 2 aromatic carbocycles. The van der Waals surface area contributed by atoms with Crippen LogP contribution < -0.4 is 16.0 Å². The standard InChI is InChI=1S/C27H27F3N6/c1-32-24-23-19(10-13-33-25(23)35-26(31)34-24)22-20(27(28,29)30)8-5-9-21(22)36-14-11-18(12-15-36)16-17-6-3-2-4-7-17/h2-10,13,18H,11-12,14-16H2,1H3,(H3,31,32,33,34,35). The zero-order valence-corrected chi connectivity index (χ0v) is 19.9. The van der Waals surface area contributed by atoms with Crippen LogP contribution in [0.2, 0.25) is 0 Å². The average molecular weight is 493 g/mol. The molecule has 0 atom stereocenters. The van der Waals surface area contributed by atoms with Gasteiger partial charge in [0.15, 0.2) is 5.65 Å². The molecule has 36 heavy (non-hydrogen) atoms. The topological polar surface area (TPSA) is 80.0 Å². The van der Waals surface area contributed by atoms with Gasteiger partial charge in [0.05, 0.1) is 10.9 Å². The zero-order chi connectivity index (χ0) is 25.3. The van der Waals surface area contributed by atoms with Crippen LogP contribution in [0.25, 0.3) is 22.2 Å². The van der Waals surface area contributed by atoms with Crippen LogP contribution in [0.5, 0.6) is 0 Å². The van der Waals surface area contributed by atoms with Crippen LogP contribution in [0.3, 0.4) is 0 Å². The molecule has 0 unspecified atom stereocenters. The molecule has 6 nitrogen and oxygen atoms in total. The van der Waals surface area contributed by atoms with Crippen LogP contribution in [0.15, 0.2) is 60.8 Å². The van der Waals surface area contributed by atoms with Gasteiger partial charge in [-0.2, -0.15) is 23.1 Å². The molecule has 4 aromatic rings. The van der Waals surface area contributed by atoms with Crippen LogP contribution in [0.1, 0.15) is 24.0 Å². The minimum absolute atomic E-state index is 0.00122. The Morgan fingerprint density at radius 2 is 1.75 bits per heavy atom. The van der Waals surface area contributed by atoms with Crippen molar-refractivity contribution >= 4 is 28.5 Å². The number of hydrogen-bond donors (Lipinski definition) is 2. The van der Waals surface area contributed by atoms with E-state index in [1.807, 2.05) is 18.2 Å². The highest BCUT2D eigenvalue weighted by Crippen LogP contribution is 2.46. The van der Waals surface area contributed by atoms with Crippen LogP contribution in [0.4, 0.5) is 30.6 Å². The number of nitrogens with one attached hydrogen (secondary N) is 1. The van der Waals surface area contributed by atoms with Gasteiger partial charge >= 0.3 is 6.18 Å². The molecule has 186 valence electrons. The van der Waals surface area contributed by atoms with Gasteiger partial charge in [0.2, 0.25) is 5.95 Å². The first-order valence-electron chi connectivity index (χ1n) is 11.9. The minimum Gasteiger partial charge on any atom is -0.372 e. The molecule has 0 aliphatic carbocycles. The van der Waals surface area contributed by atoms with Gasteiger partial charge in [0.1, 0.15) is 5.82 Å². The number of anilines is 3. The van der Waals surface area contributed by atoms with Gasteiger partial charge in [-0.05, 0) is 48.9 Å². The Morgan fingerprint density at radius 1 is 1.00 bits per heavy atom.